The van der Waals surface area contributed by atoms with Gasteiger partial charge in [-0.2, -0.15) is 0 Å². The van der Waals surface area contributed by atoms with E-state index in [2.05, 4.69) is 4.98 Å². The summed E-state index contributed by atoms with van der Waals surface area (Å²) < 4.78 is 5.66. The van der Waals surface area contributed by atoms with Crippen molar-refractivity contribution in [1.29, 1.82) is 0 Å². The largest absolute Gasteiger partial charge is 0.506 e. The van der Waals surface area contributed by atoms with Gasteiger partial charge in [0.2, 0.25) is 0 Å². The van der Waals surface area contributed by atoms with Crippen LogP contribution in [-0.2, 0) is 0 Å². The van der Waals surface area contributed by atoms with Gasteiger partial charge in [-0.15, -0.1) is 0 Å². The fourth-order valence-electron chi connectivity index (χ4n) is 1.69. The van der Waals surface area contributed by atoms with E-state index in [0.717, 1.165) is 24.2 Å². The van der Waals surface area contributed by atoms with Gasteiger partial charge in [-0.25, -0.2) is 0 Å². The molecule has 1 heterocycles. The second-order valence-corrected chi connectivity index (χ2v) is 4.21. The average molecular weight is 227 g/mol. The van der Waals surface area contributed by atoms with E-state index in [1.165, 1.54) is 0 Å². The summed E-state index contributed by atoms with van der Waals surface area (Å²) in [5.74, 6) is 1.08. The number of nitrogens with zero attached hydrogens (tertiary/aromatic N) is 1. The molecule has 0 atom stereocenters. The van der Waals surface area contributed by atoms with Crippen molar-refractivity contribution in [2.75, 3.05) is 0 Å². The van der Waals surface area contributed by atoms with Gasteiger partial charge in [-0.05, 0) is 49.2 Å². The van der Waals surface area contributed by atoms with Crippen molar-refractivity contribution < 1.29 is 9.84 Å². The molecule has 0 radical (unpaired) electrons. The summed E-state index contributed by atoms with van der Waals surface area (Å²) in [4.78, 5) is 4.16. The molecule has 1 aromatic carbocycles. The van der Waals surface area contributed by atoms with Crippen molar-refractivity contribution in [2.24, 2.45) is 0 Å². The lowest BCUT2D eigenvalue weighted by Gasteiger charge is -2.06. The SMILES string of the molecule is Oc1cccnc1-c1ccc(OC2CC2)cc1. The Morgan fingerprint density at radius 3 is 2.53 bits per heavy atom. The number of ether oxygens (including phenoxy) is 1. The van der Waals surface area contributed by atoms with Gasteiger partial charge in [0.15, 0.2) is 0 Å². The second kappa shape index (κ2) is 4.09. The molecule has 86 valence electrons. The summed E-state index contributed by atoms with van der Waals surface area (Å²) in [5, 5.41) is 9.69. The predicted octanol–water partition coefficient (Wildman–Crippen LogP) is 3.00. The van der Waals surface area contributed by atoms with Crippen LogP contribution in [0.4, 0.5) is 0 Å². The maximum Gasteiger partial charge on any atom is 0.141 e. The van der Waals surface area contributed by atoms with Crippen molar-refractivity contribution in [3.05, 3.63) is 42.6 Å². The first-order valence-corrected chi connectivity index (χ1v) is 5.74. The molecule has 1 aliphatic rings. The van der Waals surface area contributed by atoms with Gasteiger partial charge in [0.25, 0.3) is 0 Å². The van der Waals surface area contributed by atoms with E-state index < -0.39 is 0 Å². The van der Waals surface area contributed by atoms with Crippen molar-refractivity contribution in [3.63, 3.8) is 0 Å². The topological polar surface area (TPSA) is 42.4 Å². The van der Waals surface area contributed by atoms with Crippen LogP contribution in [0.1, 0.15) is 12.8 Å². The number of hydrogen-bond donors (Lipinski definition) is 1. The molecule has 1 aliphatic carbocycles. The quantitative estimate of drug-likeness (QED) is 0.876. The second-order valence-electron chi connectivity index (χ2n) is 4.21. The molecular formula is C14H13NO2. The normalized spacial score (nSPS) is 14.6. The standard InChI is InChI=1S/C14H13NO2/c16-13-2-1-9-15-14(13)10-3-5-11(6-4-10)17-12-7-8-12/h1-6,9,12,16H,7-8H2. The molecule has 2 aromatic rings. The minimum absolute atomic E-state index is 0.198. The molecule has 1 saturated carbocycles. The van der Waals surface area contributed by atoms with E-state index in [9.17, 15) is 5.11 Å². The van der Waals surface area contributed by atoms with Gasteiger partial charge in [-0.1, -0.05) is 0 Å². The minimum atomic E-state index is 0.198. The Morgan fingerprint density at radius 2 is 1.88 bits per heavy atom. The zero-order valence-electron chi connectivity index (χ0n) is 9.34. The van der Waals surface area contributed by atoms with Crippen LogP contribution >= 0.6 is 0 Å². The van der Waals surface area contributed by atoms with Gasteiger partial charge >= 0.3 is 0 Å². The Morgan fingerprint density at radius 1 is 1.12 bits per heavy atom. The molecule has 1 aromatic heterocycles. The molecule has 3 heteroatoms. The summed E-state index contributed by atoms with van der Waals surface area (Å²) in [6.45, 7) is 0. The van der Waals surface area contributed by atoms with E-state index in [0.29, 0.717) is 11.8 Å². The average Bonchev–Trinajstić information content (AvgIpc) is 3.15. The number of aromatic nitrogens is 1. The zero-order chi connectivity index (χ0) is 11.7. The van der Waals surface area contributed by atoms with E-state index in [1.807, 2.05) is 24.3 Å². The lowest BCUT2D eigenvalue weighted by Crippen LogP contribution is -1.95. The summed E-state index contributed by atoms with van der Waals surface area (Å²) in [6.07, 6.45) is 4.39. The Balaban J connectivity index is 1.86. The molecular weight excluding hydrogens is 214 g/mol. The monoisotopic (exact) mass is 227 g/mol. The first kappa shape index (κ1) is 10.1. The first-order chi connectivity index (χ1) is 8.33. The van der Waals surface area contributed by atoms with E-state index in [1.54, 1.807) is 18.3 Å². The van der Waals surface area contributed by atoms with E-state index in [-0.39, 0.29) is 5.75 Å². The summed E-state index contributed by atoms with van der Waals surface area (Å²) in [7, 11) is 0. The molecule has 0 saturated heterocycles. The summed E-state index contributed by atoms with van der Waals surface area (Å²) in [5.41, 5.74) is 1.50. The third-order valence-corrected chi connectivity index (χ3v) is 2.74. The minimum Gasteiger partial charge on any atom is -0.506 e. The van der Waals surface area contributed by atoms with Crippen molar-refractivity contribution in [1.82, 2.24) is 4.98 Å². The maximum atomic E-state index is 9.69. The molecule has 3 rings (SSSR count). The highest BCUT2D eigenvalue weighted by Gasteiger charge is 2.23. The van der Waals surface area contributed by atoms with Crippen LogP contribution in [0, 0.1) is 0 Å². The molecule has 0 unspecified atom stereocenters. The Labute approximate surface area is 99.7 Å². The van der Waals surface area contributed by atoms with Gasteiger partial charge in [0.1, 0.15) is 17.2 Å². The molecule has 0 aliphatic heterocycles. The highest BCUT2D eigenvalue weighted by atomic mass is 16.5. The number of pyridine rings is 1. The zero-order valence-corrected chi connectivity index (χ0v) is 9.34. The predicted molar refractivity (Wildman–Crippen MR) is 65.0 cm³/mol. The third kappa shape index (κ3) is 2.23. The van der Waals surface area contributed by atoms with Crippen molar-refractivity contribution >= 4 is 0 Å². The van der Waals surface area contributed by atoms with Crippen LogP contribution in [0.15, 0.2) is 42.6 Å². The van der Waals surface area contributed by atoms with Crippen LogP contribution in [0.2, 0.25) is 0 Å². The Hall–Kier alpha value is -2.03. The van der Waals surface area contributed by atoms with Crippen LogP contribution in [0.5, 0.6) is 11.5 Å². The van der Waals surface area contributed by atoms with E-state index in [4.69, 9.17) is 4.74 Å². The van der Waals surface area contributed by atoms with Crippen molar-refractivity contribution in [2.45, 2.75) is 18.9 Å². The van der Waals surface area contributed by atoms with Crippen molar-refractivity contribution in [3.8, 4) is 22.8 Å². The fraction of sp³-hybridized carbons (Fsp3) is 0.214. The molecule has 1 N–H and O–H groups in total. The smallest absolute Gasteiger partial charge is 0.141 e. The van der Waals surface area contributed by atoms with Crippen LogP contribution in [-0.4, -0.2) is 16.2 Å². The Kier molecular flexibility index (Phi) is 2.44. The number of benzene rings is 1. The van der Waals surface area contributed by atoms with Crippen LogP contribution in [0.25, 0.3) is 11.3 Å². The molecule has 0 amide bonds. The van der Waals surface area contributed by atoms with Gasteiger partial charge in [-0.3, -0.25) is 4.98 Å². The lowest BCUT2D eigenvalue weighted by atomic mass is 10.1. The highest BCUT2D eigenvalue weighted by Crippen LogP contribution is 2.30. The Bertz CT molecular complexity index is 518. The maximum absolute atomic E-state index is 9.69. The molecule has 17 heavy (non-hydrogen) atoms. The summed E-state index contributed by atoms with van der Waals surface area (Å²) in [6, 6.07) is 11.0. The summed E-state index contributed by atoms with van der Waals surface area (Å²) >= 11 is 0. The molecule has 1 fully saturated rings. The lowest BCUT2D eigenvalue weighted by molar-refractivity contribution is 0.303. The third-order valence-electron chi connectivity index (χ3n) is 2.74. The molecule has 0 spiro atoms. The number of hydrogen-bond acceptors (Lipinski definition) is 3. The van der Waals surface area contributed by atoms with Crippen LogP contribution < -0.4 is 4.74 Å². The fourth-order valence-corrected chi connectivity index (χ4v) is 1.69. The van der Waals surface area contributed by atoms with Gasteiger partial charge in [0.05, 0.1) is 6.10 Å². The van der Waals surface area contributed by atoms with Crippen LogP contribution in [0.3, 0.4) is 0 Å². The molecule has 3 nitrogen and oxygen atoms in total. The number of rotatable bonds is 3. The molecule has 0 bridgehead atoms. The first-order valence-electron chi connectivity index (χ1n) is 5.74. The van der Waals surface area contributed by atoms with E-state index >= 15 is 0 Å². The number of aromatic hydroxyl groups is 1. The van der Waals surface area contributed by atoms with Gasteiger partial charge in [0, 0.05) is 11.8 Å². The van der Waals surface area contributed by atoms with Gasteiger partial charge < -0.3 is 9.84 Å². The highest BCUT2D eigenvalue weighted by molar-refractivity contribution is 5.66.